The van der Waals surface area contributed by atoms with Crippen LogP contribution in [0.3, 0.4) is 0 Å². The van der Waals surface area contributed by atoms with Crippen LogP contribution in [0.15, 0.2) is 0 Å². The zero-order valence-corrected chi connectivity index (χ0v) is 9.88. The standard InChI is InChI=1S/C10H17N3O4/c1-3-13(6-7(2)4-11)10(17)12-5-8(14)9(15)16/h7-8,14H,3,5-6H2,1-2H3,(H,12,17)(H,15,16)/t7?,8-/m0/s1. The highest BCUT2D eigenvalue weighted by Gasteiger charge is 2.18. The Morgan fingerprint density at radius 2 is 2.12 bits per heavy atom. The number of nitrogens with zero attached hydrogens (tertiary/aromatic N) is 2. The molecule has 0 aromatic rings. The molecule has 0 rings (SSSR count). The predicted octanol–water partition coefficient (Wildman–Crippen LogP) is -0.377. The summed E-state index contributed by atoms with van der Waals surface area (Å²) in [5.41, 5.74) is 0. The van der Waals surface area contributed by atoms with E-state index in [0.29, 0.717) is 6.54 Å². The molecule has 0 saturated carbocycles. The fourth-order valence-electron chi connectivity index (χ4n) is 1.11. The Balaban J connectivity index is 4.18. The summed E-state index contributed by atoms with van der Waals surface area (Å²) in [5.74, 6) is -1.69. The Labute approximate surface area is 99.6 Å². The largest absolute Gasteiger partial charge is 0.479 e. The molecule has 2 amide bonds. The van der Waals surface area contributed by atoms with E-state index in [2.05, 4.69) is 5.32 Å². The van der Waals surface area contributed by atoms with Crippen molar-refractivity contribution in [1.29, 1.82) is 5.26 Å². The SMILES string of the molecule is CCN(CC(C)C#N)C(=O)NC[C@H](O)C(=O)O. The third-order valence-electron chi connectivity index (χ3n) is 2.12. The second-order valence-electron chi connectivity index (χ2n) is 3.61. The summed E-state index contributed by atoms with van der Waals surface area (Å²) in [6, 6.07) is 1.51. The van der Waals surface area contributed by atoms with E-state index in [1.165, 1.54) is 4.90 Å². The molecule has 0 bridgehead atoms. The van der Waals surface area contributed by atoms with Crippen LogP contribution in [-0.2, 0) is 4.79 Å². The quantitative estimate of drug-likeness (QED) is 0.588. The Morgan fingerprint density at radius 1 is 1.53 bits per heavy atom. The second kappa shape index (κ2) is 7.46. The molecule has 0 fully saturated rings. The van der Waals surface area contributed by atoms with E-state index in [4.69, 9.17) is 15.5 Å². The van der Waals surface area contributed by atoms with Crippen molar-refractivity contribution in [1.82, 2.24) is 10.2 Å². The molecule has 1 unspecified atom stereocenters. The van der Waals surface area contributed by atoms with Crippen LogP contribution < -0.4 is 5.32 Å². The minimum Gasteiger partial charge on any atom is -0.479 e. The van der Waals surface area contributed by atoms with Gasteiger partial charge < -0.3 is 20.4 Å². The first kappa shape index (κ1) is 15.2. The van der Waals surface area contributed by atoms with Crippen LogP contribution >= 0.6 is 0 Å². The number of hydrogen-bond donors (Lipinski definition) is 3. The molecule has 0 aromatic carbocycles. The molecule has 0 aliphatic rings. The van der Waals surface area contributed by atoms with Crippen LogP contribution in [0.4, 0.5) is 4.79 Å². The molecule has 2 atom stereocenters. The van der Waals surface area contributed by atoms with Gasteiger partial charge in [0, 0.05) is 13.1 Å². The number of nitrogens with one attached hydrogen (secondary N) is 1. The first-order valence-electron chi connectivity index (χ1n) is 5.25. The van der Waals surface area contributed by atoms with E-state index in [9.17, 15) is 9.59 Å². The van der Waals surface area contributed by atoms with Crippen molar-refractivity contribution < 1.29 is 19.8 Å². The zero-order chi connectivity index (χ0) is 13.4. The number of carbonyl (C=O) groups is 2. The van der Waals surface area contributed by atoms with Gasteiger partial charge in [-0.15, -0.1) is 0 Å². The van der Waals surface area contributed by atoms with Crippen LogP contribution in [0.5, 0.6) is 0 Å². The van der Waals surface area contributed by atoms with Gasteiger partial charge in [-0.05, 0) is 13.8 Å². The normalized spacial score (nSPS) is 13.3. The summed E-state index contributed by atoms with van der Waals surface area (Å²) in [4.78, 5) is 23.2. The second-order valence-corrected chi connectivity index (χ2v) is 3.61. The number of aliphatic hydroxyl groups excluding tert-OH is 1. The van der Waals surface area contributed by atoms with Gasteiger partial charge in [0.1, 0.15) is 0 Å². The van der Waals surface area contributed by atoms with Crippen LogP contribution in [0.2, 0.25) is 0 Å². The Morgan fingerprint density at radius 3 is 2.53 bits per heavy atom. The van der Waals surface area contributed by atoms with Crippen LogP contribution in [0.25, 0.3) is 0 Å². The van der Waals surface area contributed by atoms with Crippen molar-refractivity contribution in [3.63, 3.8) is 0 Å². The van der Waals surface area contributed by atoms with Crippen molar-refractivity contribution in [3.05, 3.63) is 0 Å². The highest BCUT2D eigenvalue weighted by Crippen LogP contribution is 1.98. The molecule has 0 spiro atoms. The average Bonchev–Trinajstić information content (AvgIpc) is 2.31. The monoisotopic (exact) mass is 243 g/mol. The number of amides is 2. The van der Waals surface area contributed by atoms with Gasteiger partial charge in [-0.1, -0.05) is 0 Å². The van der Waals surface area contributed by atoms with E-state index >= 15 is 0 Å². The van der Waals surface area contributed by atoms with E-state index in [1.807, 2.05) is 6.07 Å². The van der Waals surface area contributed by atoms with E-state index in [-0.39, 0.29) is 19.0 Å². The van der Waals surface area contributed by atoms with Gasteiger partial charge >= 0.3 is 12.0 Å². The Hall–Kier alpha value is -1.81. The van der Waals surface area contributed by atoms with Crippen molar-refractivity contribution in [2.45, 2.75) is 20.0 Å². The summed E-state index contributed by atoms with van der Waals surface area (Å²) in [7, 11) is 0. The predicted molar refractivity (Wildman–Crippen MR) is 59.1 cm³/mol. The maximum Gasteiger partial charge on any atom is 0.334 e. The van der Waals surface area contributed by atoms with Crippen LogP contribution in [0.1, 0.15) is 13.8 Å². The Kier molecular flexibility index (Phi) is 6.67. The third-order valence-corrected chi connectivity index (χ3v) is 2.12. The maximum atomic E-state index is 11.6. The van der Waals surface area contributed by atoms with Crippen LogP contribution in [-0.4, -0.2) is 52.9 Å². The molecule has 96 valence electrons. The van der Waals surface area contributed by atoms with Crippen molar-refractivity contribution in [2.24, 2.45) is 5.92 Å². The smallest absolute Gasteiger partial charge is 0.334 e. The third kappa shape index (κ3) is 5.73. The molecule has 0 radical (unpaired) electrons. The molecule has 0 aliphatic carbocycles. The van der Waals surface area contributed by atoms with Crippen molar-refractivity contribution in [3.8, 4) is 6.07 Å². The summed E-state index contributed by atoms with van der Waals surface area (Å²) < 4.78 is 0. The van der Waals surface area contributed by atoms with Gasteiger partial charge in [0.25, 0.3) is 0 Å². The number of rotatable bonds is 6. The van der Waals surface area contributed by atoms with Gasteiger partial charge in [0.15, 0.2) is 6.10 Å². The molecule has 7 nitrogen and oxygen atoms in total. The molecular formula is C10H17N3O4. The van der Waals surface area contributed by atoms with Crippen LogP contribution in [0, 0.1) is 17.2 Å². The molecule has 17 heavy (non-hydrogen) atoms. The van der Waals surface area contributed by atoms with Crippen molar-refractivity contribution >= 4 is 12.0 Å². The van der Waals surface area contributed by atoms with E-state index in [0.717, 1.165) is 0 Å². The summed E-state index contributed by atoms with van der Waals surface area (Å²) in [6.45, 7) is 3.74. The van der Waals surface area contributed by atoms with Gasteiger partial charge in [-0.3, -0.25) is 0 Å². The summed E-state index contributed by atoms with van der Waals surface area (Å²) in [5, 5.41) is 28.3. The van der Waals surface area contributed by atoms with Gasteiger partial charge in [0.2, 0.25) is 0 Å². The van der Waals surface area contributed by atoms with Crippen molar-refractivity contribution in [2.75, 3.05) is 19.6 Å². The lowest BCUT2D eigenvalue weighted by atomic mass is 10.2. The molecule has 0 aliphatic heterocycles. The highest BCUT2D eigenvalue weighted by atomic mass is 16.4. The number of hydrogen-bond acceptors (Lipinski definition) is 4. The minimum absolute atomic E-state index is 0.266. The lowest BCUT2D eigenvalue weighted by Crippen LogP contribution is -2.45. The fraction of sp³-hybridized carbons (Fsp3) is 0.700. The first-order chi connectivity index (χ1) is 7.92. The molecule has 0 saturated heterocycles. The van der Waals surface area contributed by atoms with E-state index < -0.39 is 18.1 Å². The lowest BCUT2D eigenvalue weighted by Gasteiger charge is -2.22. The van der Waals surface area contributed by atoms with E-state index in [1.54, 1.807) is 13.8 Å². The number of carbonyl (C=O) groups excluding carboxylic acids is 1. The topological polar surface area (TPSA) is 114 Å². The number of carboxylic acids is 1. The zero-order valence-electron chi connectivity index (χ0n) is 9.88. The Bertz CT molecular complexity index is 313. The number of nitriles is 1. The molecular weight excluding hydrogens is 226 g/mol. The maximum absolute atomic E-state index is 11.6. The minimum atomic E-state index is -1.62. The highest BCUT2D eigenvalue weighted by molar-refractivity contribution is 5.76. The number of carboxylic acid groups (broad SMARTS) is 1. The number of aliphatic hydroxyl groups is 1. The lowest BCUT2D eigenvalue weighted by molar-refractivity contribution is -0.146. The van der Waals surface area contributed by atoms with Gasteiger partial charge in [-0.2, -0.15) is 5.26 Å². The number of urea groups is 1. The number of aliphatic carboxylic acids is 1. The molecule has 0 heterocycles. The molecule has 7 heteroatoms. The summed E-state index contributed by atoms with van der Waals surface area (Å²) in [6.07, 6.45) is -1.62. The fourth-order valence-corrected chi connectivity index (χ4v) is 1.11. The van der Waals surface area contributed by atoms with Gasteiger partial charge in [-0.25, -0.2) is 9.59 Å². The molecule has 3 N–H and O–H groups in total. The summed E-state index contributed by atoms with van der Waals surface area (Å²) >= 11 is 0. The average molecular weight is 243 g/mol. The molecule has 0 aromatic heterocycles. The van der Waals surface area contributed by atoms with Gasteiger partial charge in [0.05, 0.1) is 18.5 Å². The first-order valence-corrected chi connectivity index (χ1v) is 5.25.